The third-order valence-corrected chi connectivity index (χ3v) is 2.20. The molecule has 1 unspecified atom stereocenters. The SMILES string of the molecule is Cl.NC(c1ccccc1)c1cccnc1. The molecule has 2 aromatic rings. The first kappa shape index (κ1) is 11.7. The Morgan fingerprint density at radius 1 is 0.933 bits per heavy atom. The first-order valence-corrected chi connectivity index (χ1v) is 4.58. The quantitative estimate of drug-likeness (QED) is 0.845. The second-order valence-corrected chi connectivity index (χ2v) is 3.17. The Kier molecular flexibility index (Phi) is 4.28. The van der Waals surface area contributed by atoms with Crippen LogP contribution < -0.4 is 5.73 Å². The second-order valence-electron chi connectivity index (χ2n) is 3.17. The summed E-state index contributed by atoms with van der Waals surface area (Å²) in [6.07, 6.45) is 3.55. The zero-order chi connectivity index (χ0) is 9.80. The van der Waals surface area contributed by atoms with E-state index in [-0.39, 0.29) is 18.4 Å². The maximum absolute atomic E-state index is 6.08. The van der Waals surface area contributed by atoms with Gasteiger partial charge in [-0.3, -0.25) is 4.98 Å². The van der Waals surface area contributed by atoms with Crippen LogP contribution in [0.15, 0.2) is 54.9 Å². The summed E-state index contributed by atoms with van der Waals surface area (Å²) in [5, 5.41) is 0. The predicted molar refractivity (Wildman–Crippen MR) is 64.0 cm³/mol. The Bertz CT molecular complexity index is 349. The molecule has 0 aliphatic heterocycles. The molecule has 1 aromatic carbocycles. The first-order valence-electron chi connectivity index (χ1n) is 4.58. The molecular weight excluding hydrogens is 208 g/mol. The van der Waals surface area contributed by atoms with Gasteiger partial charge >= 0.3 is 0 Å². The molecule has 0 bridgehead atoms. The number of hydrogen-bond acceptors (Lipinski definition) is 2. The standard InChI is InChI=1S/C12H12N2.ClH/c13-12(10-5-2-1-3-6-10)11-7-4-8-14-9-11;/h1-9,12H,13H2;1H. The van der Waals surface area contributed by atoms with E-state index in [2.05, 4.69) is 4.98 Å². The lowest BCUT2D eigenvalue weighted by atomic mass is 10.0. The lowest BCUT2D eigenvalue weighted by Crippen LogP contribution is -2.11. The van der Waals surface area contributed by atoms with Crippen LogP contribution in [0.2, 0.25) is 0 Å². The Balaban J connectivity index is 0.00000112. The van der Waals surface area contributed by atoms with Crippen LogP contribution in [0.4, 0.5) is 0 Å². The number of benzene rings is 1. The number of pyridine rings is 1. The van der Waals surface area contributed by atoms with Crippen molar-refractivity contribution in [3.05, 3.63) is 66.0 Å². The minimum absolute atomic E-state index is 0. The van der Waals surface area contributed by atoms with Crippen LogP contribution >= 0.6 is 12.4 Å². The van der Waals surface area contributed by atoms with Crippen LogP contribution in [-0.2, 0) is 0 Å². The molecule has 0 aliphatic carbocycles. The van der Waals surface area contributed by atoms with E-state index in [9.17, 15) is 0 Å². The molecule has 78 valence electrons. The van der Waals surface area contributed by atoms with Crippen LogP contribution in [-0.4, -0.2) is 4.98 Å². The normalized spacial score (nSPS) is 11.5. The largest absolute Gasteiger partial charge is 0.320 e. The number of nitrogens with two attached hydrogens (primary N) is 1. The lowest BCUT2D eigenvalue weighted by Gasteiger charge is -2.11. The molecule has 2 rings (SSSR count). The molecule has 0 radical (unpaired) electrons. The van der Waals surface area contributed by atoms with Gasteiger partial charge in [0.25, 0.3) is 0 Å². The Labute approximate surface area is 95.6 Å². The summed E-state index contributed by atoms with van der Waals surface area (Å²) in [6.45, 7) is 0. The number of hydrogen-bond donors (Lipinski definition) is 1. The minimum Gasteiger partial charge on any atom is -0.320 e. The predicted octanol–water partition coefficient (Wildman–Crippen LogP) is 2.55. The molecular formula is C12H13ClN2. The summed E-state index contributed by atoms with van der Waals surface area (Å²) >= 11 is 0. The second kappa shape index (κ2) is 5.49. The Hall–Kier alpha value is -1.38. The number of rotatable bonds is 2. The van der Waals surface area contributed by atoms with Crippen molar-refractivity contribution in [2.45, 2.75) is 6.04 Å². The molecule has 0 fully saturated rings. The summed E-state index contributed by atoms with van der Waals surface area (Å²) in [6, 6.07) is 13.8. The van der Waals surface area contributed by atoms with Crippen molar-refractivity contribution in [2.24, 2.45) is 5.73 Å². The topological polar surface area (TPSA) is 38.9 Å². The van der Waals surface area contributed by atoms with Crippen molar-refractivity contribution in [1.29, 1.82) is 0 Å². The molecule has 1 aromatic heterocycles. The summed E-state index contributed by atoms with van der Waals surface area (Å²) in [7, 11) is 0. The third kappa shape index (κ3) is 2.78. The Morgan fingerprint density at radius 2 is 1.60 bits per heavy atom. The number of nitrogens with zero attached hydrogens (tertiary/aromatic N) is 1. The fourth-order valence-corrected chi connectivity index (χ4v) is 1.41. The smallest absolute Gasteiger partial charge is 0.0566 e. The van der Waals surface area contributed by atoms with E-state index >= 15 is 0 Å². The van der Waals surface area contributed by atoms with E-state index in [1.165, 1.54) is 0 Å². The van der Waals surface area contributed by atoms with E-state index in [1.54, 1.807) is 12.4 Å². The highest BCUT2D eigenvalue weighted by atomic mass is 35.5. The fraction of sp³-hybridized carbons (Fsp3) is 0.0833. The summed E-state index contributed by atoms with van der Waals surface area (Å²) in [4.78, 5) is 4.05. The first-order chi connectivity index (χ1) is 6.88. The van der Waals surface area contributed by atoms with Crippen molar-refractivity contribution in [3.63, 3.8) is 0 Å². The highest BCUT2D eigenvalue weighted by Crippen LogP contribution is 2.17. The molecule has 2 N–H and O–H groups in total. The lowest BCUT2D eigenvalue weighted by molar-refractivity contribution is 0.863. The number of halogens is 1. The number of aromatic nitrogens is 1. The average molecular weight is 221 g/mol. The summed E-state index contributed by atoms with van der Waals surface area (Å²) in [5.74, 6) is 0. The van der Waals surface area contributed by atoms with Crippen LogP contribution in [0, 0.1) is 0 Å². The maximum Gasteiger partial charge on any atom is 0.0566 e. The Morgan fingerprint density at radius 3 is 2.20 bits per heavy atom. The van der Waals surface area contributed by atoms with Gasteiger partial charge in [-0.25, -0.2) is 0 Å². The van der Waals surface area contributed by atoms with E-state index in [1.807, 2.05) is 42.5 Å². The van der Waals surface area contributed by atoms with Gasteiger partial charge in [-0.05, 0) is 17.2 Å². The molecule has 0 amide bonds. The van der Waals surface area contributed by atoms with Crippen molar-refractivity contribution >= 4 is 12.4 Å². The monoisotopic (exact) mass is 220 g/mol. The van der Waals surface area contributed by atoms with Gasteiger partial charge in [0.1, 0.15) is 0 Å². The van der Waals surface area contributed by atoms with E-state index in [0.717, 1.165) is 11.1 Å². The van der Waals surface area contributed by atoms with E-state index in [0.29, 0.717) is 0 Å². The summed E-state index contributed by atoms with van der Waals surface area (Å²) in [5.41, 5.74) is 8.23. The average Bonchev–Trinajstić information content (AvgIpc) is 2.30. The molecule has 2 nitrogen and oxygen atoms in total. The van der Waals surface area contributed by atoms with Gasteiger partial charge in [-0.2, -0.15) is 0 Å². The van der Waals surface area contributed by atoms with Gasteiger partial charge in [0.15, 0.2) is 0 Å². The molecule has 3 heteroatoms. The van der Waals surface area contributed by atoms with Crippen molar-refractivity contribution < 1.29 is 0 Å². The van der Waals surface area contributed by atoms with Gasteiger partial charge in [0, 0.05) is 12.4 Å². The fourth-order valence-electron chi connectivity index (χ4n) is 1.41. The van der Waals surface area contributed by atoms with Crippen LogP contribution in [0.3, 0.4) is 0 Å². The third-order valence-electron chi connectivity index (χ3n) is 2.20. The molecule has 15 heavy (non-hydrogen) atoms. The zero-order valence-corrected chi connectivity index (χ0v) is 9.02. The van der Waals surface area contributed by atoms with E-state index in [4.69, 9.17) is 5.73 Å². The van der Waals surface area contributed by atoms with Crippen molar-refractivity contribution in [1.82, 2.24) is 4.98 Å². The molecule has 0 aliphatic rings. The van der Waals surface area contributed by atoms with Crippen LogP contribution in [0.5, 0.6) is 0 Å². The van der Waals surface area contributed by atoms with Gasteiger partial charge in [0.05, 0.1) is 6.04 Å². The highest BCUT2D eigenvalue weighted by molar-refractivity contribution is 5.85. The maximum atomic E-state index is 6.08. The van der Waals surface area contributed by atoms with Gasteiger partial charge in [-0.1, -0.05) is 36.4 Å². The van der Waals surface area contributed by atoms with Crippen LogP contribution in [0.1, 0.15) is 17.2 Å². The molecule has 1 atom stereocenters. The molecule has 0 saturated heterocycles. The zero-order valence-electron chi connectivity index (χ0n) is 8.21. The van der Waals surface area contributed by atoms with E-state index < -0.39 is 0 Å². The summed E-state index contributed by atoms with van der Waals surface area (Å²) < 4.78 is 0. The highest BCUT2D eigenvalue weighted by Gasteiger charge is 2.06. The van der Waals surface area contributed by atoms with Crippen LogP contribution in [0.25, 0.3) is 0 Å². The molecule has 0 saturated carbocycles. The molecule has 0 spiro atoms. The van der Waals surface area contributed by atoms with Gasteiger partial charge in [-0.15, -0.1) is 12.4 Å². The van der Waals surface area contributed by atoms with Gasteiger partial charge < -0.3 is 5.73 Å². The van der Waals surface area contributed by atoms with Crippen molar-refractivity contribution in [2.75, 3.05) is 0 Å². The van der Waals surface area contributed by atoms with Gasteiger partial charge in [0.2, 0.25) is 0 Å². The minimum atomic E-state index is -0.0788. The molecule has 1 heterocycles. The van der Waals surface area contributed by atoms with Crippen molar-refractivity contribution in [3.8, 4) is 0 Å².